The number of phenolic OH excluding ortho intramolecular Hbond substituents is 1. The summed E-state index contributed by atoms with van der Waals surface area (Å²) in [6.45, 7) is 5.35. The van der Waals surface area contributed by atoms with Crippen molar-refractivity contribution in [3.63, 3.8) is 0 Å². The smallest absolute Gasteiger partial charge is 0.120 e. The van der Waals surface area contributed by atoms with E-state index in [2.05, 4.69) is 22.3 Å². The lowest BCUT2D eigenvalue weighted by Crippen LogP contribution is -2.42. The third-order valence-corrected chi connectivity index (χ3v) is 4.63. The van der Waals surface area contributed by atoms with E-state index in [1.165, 1.54) is 31.2 Å². The highest BCUT2D eigenvalue weighted by Gasteiger charge is 2.12. The van der Waals surface area contributed by atoms with Gasteiger partial charge in [-0.1, -0.05) is 37.8 Å². The molecular weight excluding hydrogens is 288 g/mol. The molecule has 1 aromatic carbocycles. The van der Waals surface area contributed by atoms with E-state index in [0.29, 0.717) is 12.4 Å². The molecular formula is C19H32N2O2. The lowest BCUT2D eigenvalue weighted by atomic mass is 10.0. The zero-order valence-electron chi connectivity index (χ0n) is 14.3. The van der Waals surface area contributed by atoms with Crippen LogP contribution in [0.3, 0.4) is 0 Å². The lowest BCUT2D eigenvalue weighted by molar-refractivity contribution is 0.230. The number of piperazine rings is 1. The topological polar surface area (TPSA) is 55.7 Å². The summed E-state index contributed by atoms with van der Waals surface area (Å²) in [7, 11) is 0. The third-order valence-electron chi connectivity index (χ3n) is 4.63. The fourth-order valence-electron chi connectivity index (χ4n) is 3.16. The van der Waals surface area contributed by atoms with Crippen molar-refractivity contribution in [1.82, 2.24) is 10.2 Å². The zero-order chi connectivity index (χ0) is 16.3. The second-order valence-electron chi connectivity index (χ2n) is 6.58. The van der Waals surface area contributed by atoms with Crippen LogP contribution in [0, 0.1) is 0 Å². The molecule has 0 radical (unpaired) electrons. The second-order valence-corrected chi connectivity index (χ2v) is 6.58. The highest BCUT2D eigenvalue weighted by Crippen LogP contribution is 2.22. The molecule has 1 aliphatic heterocycles. The van der Waals surface area contributed by atoms with Crippen LogP contribution in [0.25, 0.3) is 0 Å². The Morgan fingerprint density at radius 2 is 1.65 bits per heavy atom. The molecule has 3 N–H and O–H groups in total. The van der Waals surface area contributed by atoms with Crippen LogP contribution < -0.4 is 5.32 Å². The van der Waals surface area contributed by atoms with Crippen molar-refractivity contribution in [2.24, 2.45) is 0 Å². The van der Waals surface area contributed by atoms with Gasteiger partial charge in [0.05, 0.1) is 0 Å². The number of aryl methyl sites for hydroxylation is 1. The van der Waals surface area contributed by atoms with Gasteiger partial charge in [0.1, 0.15) is 5.75 Å². The van der Waals surface area contributed by atoms with Crippen molar-refractivity contribution >= 4 is 0 Å². The number of hydrogen-bond donors (Lipinski definition) is 3. The average Bonchev–Trinajstić information content (AvgIpc) is 2.57. The maximum absolute atomic E-state index is 10.3. The Labute approximate surface area is 140 Å². The van der Waals surface area contributed by atoms with Crippen LogP contribution >= 0.6 is 0 Å². The summed E-state index contributed by atoms with van der Waals surface area (Å²) in [5.74, 6) is 0.448. The molecule has 1 saturated heterocycles. The van der Waals surface area contributed by atoms with Crippen LogP contribution in [-0.2, 0) is 13.0 Å². The van der Waals surface area contributed by atoms with Gasteiger partial charge < -0.3 is 15.5 Å². The Morgan fingerprint density at radius 3 is 2.35 bits per heavy atom. The fourth-order valence-corrected chi connectivity index (χ4v) is 3.16. The Bertz CT molecular complexity index is 445. The van der Waals surface area contributed by atoms with Gasteiger partial charge in [0, 0.05) is 44.9 Å². The molecule has 1 heterocycles. The molecule has 0 spiro atoms. The van der Waals surface area contributed by atoms with E-state index in [1.807, 2.05) is 6.07 Å². The maximum atomic E-state index is 10.3. The number of phenols is 1. The molecule has 1 fully saturated rings. The van der Waals surface area contributed by atoms with Crippen molar-refractivity contribution < 1.29 is 10.2 Å². The van der Waals surface area contributed by atoms with Crippen molar-refractivity contribution in [3.8, 4) is 5.75 Å². The molecule has 0 atom stereocenters. The predicted molar refractivity (Wildman–Crippen MR) is 94.7 cm³/mol. The number of hydrogen-bond acceptors (Lipinski definition) is 4. The van der Waals surface area contributed by atoms with Gasteiger partial charge in [0.25, 0.3) is 0 Å². The molecule has 130 valence electrons. The fraction of sp³-hybridized carbons (Fsp3) is 0.684. The van der Waals surface area contributed by atoms with E-state index in [9.17, 15) is 5.11 Å². The highest BCUT2D eigenvalue weighted by atomic mass is 16.3. The molecule has 0 unspecified atom stereocenters. The van der Waals surface area contributed by atoms with Gasteiger partial charge in [0.2, 0.25) is 0 Å². The quantitative estimate of drug-likeness (QED) is 0.580. The number of nitrogens with zero attached hydrogens (tertiary/aromatic N) is 1. The number of rotatable bonds is 10. The number of aliphatic hydroxyl groups is 1. The molecule has 4 heteroatoms. The Balaban J connectivity index is 1.69. The predicted octanol–water partition coefficient (Wildman–Crippen LogP) is 2.67. The summed E-state index contributed by atoms with van der Waals surface area (Å²) in [4.78, 5) is 2.39. The number of benzene rings is 1. The first-order valence-electron chi connectivity index (χ1n) is 9.14. The maximum Gasteiger partial charge on any atom is 0.120 e. The first-order valence-corrected chi connectivity index (χ1v) is 9.14. The largest absolute Gasteiger partial charge is 0.508 e. The monoisotopic (exact) mass is 320 g/mol. The molecule has 23 heavy (non-hydrogen) atoms. The average molecular weight is 320 g/mol. The summed E-state index contributed by atoms with van der Waals surface area (Å²) in [5.41, 5.74) is 2.28. The SMILES string of the molecule is OCCCCCCCCc1ccc(CN2CCNCC2)c(O)c1. The zero-order valence-corrected chi connectivity index (χ0v) is 14.3. The molecule has 0 aromatic heterocycles. The summed E-state index contributed by atoms with van der Waals surface area (Å²) < 4.78 is 0. The minimum Gasteiger partial charge on any atom is -0.508 e. The number of aromatic hydroxyl groups is 1. The molecule has 2 rings (SSSR count). The van der Waals surface area contributed by atoms with Gasteiger partial charge >= 0.3 is 0 Å². The van der Waals surface area contributed by atoms with Gasteiger partial charge in [-0.2, -0.15) is 0 Å². The minimum atomic E-state index is 0.319. The van der Waals surface area contributed by atoms with Crippen molar-refractivity contribution in [2.45, 2.75) is 51.5 Å². The molecule has 0 bridgehead atoms. The van der Waals surface area contributed by atoms with E-state index in [0.717, 1.165) is 57.5 Å². The van der Waals surface area contributed by atoms with E-state index in [4.69, 9.17) is 5.11 Å². The number of nitrogens with one attached hydrogen (secondary N) is 1. The summed E-state index contributed by atoms with van der Waals surface area (Å²) >= 11 is 0. The van der Waals surface area contributed by atoms with Crippen molar-refractivity contribution in [1.29, 1.82) is 0 Å². The van der Waals surface area contributed by atoms with E-state index in [1.54, 1.807) is 0 Å². The van der Waals surface area contributed by atoms with Gasteiger partial charge in [0.15, 0.2) is 0 Å². The van der Waals surface area contributed by atoms with E-state index >= 15 is 0 Å². The lowest BCUT2D eigenvalue weighted by Gasteiger charge is -2.27. The van der Waals surface area contributed by atoms with Crippen LogP contribution in [-0.4, -0.2) is 47.9 Å². The molecule has 0 amide bonds. The Hall–Kier alpha value is -1.10. The van der Waals surface area contributed by atoms with Crippen LogP contribution in [0.1, 0.15) is 49.7 Å². The van der Waals surface area contributed by atoms with Crippen LogP contribution in [0.2, 0.25) is 0 Å². The van der Waals surface area contributed by atoms with Gasteiger partial charge in [-0.05, 0) is 30.9 Å². The Kier molecular flexibility index (Phi) is 8.43. The highest BCUT2D eigenvalue weighted by molar-refractivity contribution is 5.36. The third kappa shape index (κ3) is 6.90. The molecule has 1 aromatic rings. The van der Waals surface area contributed by atoms with E-state index < -0.39 is 0 Å². The first-order chi connectivity index (χ1) is 11.3. The van der Waals surface area contributed by atoms with Crippen LogP contribution in [0.4, 0.5) is 0 Å². The van der Waals surface area contributed by atoms with Crippen LogP contribution in [0.15, 0.2) is 18.2 Å². The van der Waals surface area contributed by atoms with Gasteiger partial charge in [-0.3, -0.25) is 4.90 Å². The van der Waals surface area contributed by atoms with Crippen molar-refractivity contribution in [2.75, 3.05) is 32.8 Å². The van der Waals surface area contributed by atoms with Gasteiger partial charge in [-0.15, -0.1) is 0 Å². The molecule has 0 aliphatic carbocycles. The summed E-state index contributed by atoms with van der Waals surface area (Å²) in [6.07, 6.45) is 7.98. The van der Waals surface area contributed by atoms with Crippen molar-refractivity contribution in [3.05, 3.63) is 29.3 Å². The normalized spacial score (nSPS) is 15.9. The summed E-state index contributed by atoms with van der Waals surface area (Å²) in [5, 5.41) is 22.3. The number of unbranched alkanes of at least 4 members (excludes halogenated alkanes) is 5. The van der Waals surface area contributed by atoms with Gasteiger partial charge in [-0.25, -0.2) is 0 Å². The standard InChI is InChI=1S/C19H32N2O2/c22-14-6-4-2-1-3-5-7-17-8-9-18(19(23)15-17)16-21-12-10-20-11-13-21/h8-9,15,20,22-23H,1-7,10-14,16H2. The van der Waals surface area contributed by atoms with E-state index in [-0.39, 0.29) is 0 Å². The first kappa shape index (κ1) is 18.2. The minimum absolute atomic E-state index is 0.319. The summed E-state index contributed by atoms with van der Waals surface area (Å²) in [6, 6.07) is 6.21. The molecule has 1 aliphatic rings. The number of aliphatic hydroxyl groups excluding tert-OH is 1. The second kappa shape index (κ2) is 10.6. The molecule has 4 nitrogen and oxygen atoms in total. The van der Waals surface area contributed by atoms with Crippen LogP contribution in [0.5, 0.6) is 5.75 Å². The molecule has 0 saturated carbocycles. The Morgan fingerprint density at radius 1 is 0.957 bits per heavy atom.